The minimum Gasteiger partial charge on any atom is -0.460 e. The van der Waals surface area contributed by atoms with Crippen LogP contribution in [0.5, 0.6) is 0 Å². The van der Waals surface area contributed by atoms with E-state index in [0.717, 1.165) is 64.2 Å². The maximum Gasteiger partial charge on any atom is 0.312 e. The zero-order valence-electron chi connectivity index (χ0n) is 46.0. The summed E-state index contributed by atoms with van der Waals surface area (Å²) in [5, 5.41) is 0. The molecule has 0 aromatic carbocycles. The largest absolute Gasteiger partial charge is 0.460 e. The van der Waals surface area contributed by atoms with E-state index in [-0.39, 0.29) is 86.4 Å². The van der Waals surface area contributed by atoms with Gasteiger partial charge in [0.05, 0.1) is 28.6 Å². The molecule has 0 heterocycles. The summed E-state index contributed by atoms with van der Waals surface area (Å²) in [7, 11) is 0. The lowest BCUT2D eigenvalue weighted by Gasteiger charge is -2.36. The van der Waals surface area contributed by atoms with Crippen LogP contribution in [-0.2, 0) is 47.7 Å². The Bertz CT molecular complexity index is 1290. The Balaban J connectivity index is -0.000000347. The first-order chi connectivity index (χ1) is 28.4. The predicted molar refractivity (Wildman–Crippen MR) is 261 cm³/mol. The molecule has 10 heteroatoms. The third-order valence-corrected chi connectivity index (χ3v) is 11.9. The Kier molecular flexibility index (Phi) is 32.4. The summed E-state index contributed by atoms with van der Waals surface area (Å²) in [6, 6.07) is 0. The number of hydrogen-bond donors (Lipinski definition) is 0. The van der Waals surface area contributed by atoms with Gasteiger partial charge in [-0.2, -0.15) is 0 Å². The molecule has 0 spiro atoms. The van der Waals surface area contributed by atoms with E-state index in [0.29, 0.717) is 0 Å². The molecule has 0 saturated heterocycles. The van der Waals surface area contributed by atoms with Gasteiger partial charge in [-0.25, -0.2) is 0 Å². The lowest BCUT2D eigenvalue weighted by atomic mass is 9.82. The second-order valence-electron chi connectivity index (χ2n) is 22.0. The lowest BCUT2D eigenvalue weighted by molar-refractivity contribution is -0.169. The average molecular weight is 901 g/mol. The van der Waals surface area contributed by atoms with Crippen LogP contribution in [0.3, 0.4) is 0 Å². The van der Waals surface area contributed by atoms with Gasteiger partial charge < -0.3 is 23.7 Å². The van der Waals surface area contributed by atoms with Crippen molar-refractivity contribution in [3.63, 3.8) is 0 Å². The van der Waals surface area contributed by atoms with Crippen molar-refractivity contribution in [3.05, 3.63) is 0 Å². The fraction of sp³-hybridized carbons (Fsp3) is 0.906. The first kappa shape index (κ1) is 66.9. The highest BCUT2D eigenvalue weighted by molar-refractivity contribution is 5.76. The van der Waals surface area contributed by atoms with Gasteiger partial charge in [0.15, 0.2) is 0 Å². The van der Waals surface area contributed by atoms with E-state index < -0.39 is 0 Å². The third-order valence-electron chi connectivity index (χ3n) is 11.9. The van der Waals surface area contributed by atoms with Gasteiger partial charge in [0.25, 0.3) is 0 Å². The first-order valence-corrected chi connectivity index (χ1v) is 24.5. The highest BCUT2D eigenvalue weighted by atomic mass is 16.6. The van der Waals surface area contributed by atoms with Crippen molar-refractivity contribution in [1.29, 1.82) is 0 Å². The molecule has 1 saturated carbocycles. The van der Waals surface area contributed by atoms with Crippen molar-refractivity contribution in [2.75, 3.05) is 0 Å². The number of carbonyl (C=O) groups excluding carboxylic acids is 5. The molecule has 1 aliphatic rings. The highest BCUT2D eigenvalue weighted by Crippen LogP contribution is 2.35. The Labute approximate surface area is 389 Å². The second-order valence-corrected chi connectivity index (χ2v) is 22.0. The van der Waals surface area contributed by atoms with E-state index in [2.05, 4.69) is 6.92 Å². The fourth-order valence-corrected chi connectivity index (χ4v) is 4.55. The van der Waals surface area contributed by atoms with Crippen LogP contribution in [0.2, 0.25) is 0 Å². The normalized spacial score (nSPS) is 15.5. The van der Waals surface area contributed by atoms with Crippen molar-refractivity contribution in [1.82, 2.24) is 0 Å². The molecule has 376 valence electrons. The van der Waals surface area contributed by atoms with Crippen LogP contribution < -0.4 is 0 Å². The molecule has 3 unspecified atom stereocenters. The maximum absolute atomic E-state index is 11.8. The van der Waals surface area contributed by atoms with Crippen molar-refractivity contribution in [3.8, 4) is 0 Å². The van der Waals surface area contributed by atoms with Crippen LogP contribution in [0.4, 0.5) is 0 Å². The van der Waals surface area contributed by atoms with Crippen LogP contribution in [0.25, 0.3) is 0 Å². The topological polar surface area (TPSA) is 132 Å². The summed E-state index contributed by atoms with van der Waals surface area (Å²) in [4.78, 5) is 57.4. The van der Waals surface area contributed by atoms with Gasteiger partial charge in [0.1, 0.15) is 28.0 Å². The molecule has 0 N–H and O–H groups in total. The van der Waals surface area contributed by atoms with Gasteiger partial charge in [0, 0.05) is 0 Å². The molecule has 0 radical (unpaired) electrons. The van der Waals surface area contributed by atoms with Crippen LogP contribution in [-0.4, -0.2) is 57.9 Å². The summed E-state index contributed by atoms with van der Waals surface area (Å²) >= 11 is 0. The summed E-state index contributed by atoms with van der Waals surface area (Å²) in [6.07, 6.45) is 12.7. The zero-order chi connectivity index (χ0) is 50.8. The van der Waals surface area contributed by atoms with Crippen molar-refractivity contribution >= 4 is 29.8 Å². The zero-order valence-corrected chi connectivity index (χ0v) is 46.0. The molecular formula is C53H104O10. The van der Waals surface area contributed by atoms with Crippen molar-refractivity contribution in [2.45, 2.75) is 285 Å². The van der Waals surface area contributed by atoms with E-state index in [9.17, 15) is 24.0 Å². The number of esters is 5. The minimum atomic E-state index is -0.372. The Hall–Kier alpha value is -2.65. The second kappa shape index (κ2) is 30.5. The molecule has 1 rings (SSSR count). The molecule has 10 nitrogen and oxygen atoms in total. The van der Waals surface area contributed by atoms with Crippen molar-refractivity contribution < 1.29 is 47.7 Å². The molecule has 1 fully saturated rings. The average Bonchev–Trinajstić information content (AvgIpc) is 3.19. The van der Waals surface area contributed by atoms with E-state index in [1.54, 1.807) is 0 Å². The fourth-order valence-electron chi connectivity index (χ4n) is 4.55. The SMILES string of the molecule is CCC(C)(C)C(=O)OC(C)(C)C.CCC(C)(C)OC(=O)C(C)(C)CC.CCC(C)C(=O)OC(C)(C)C.CCC(C)C(=O)OC(C)(C)CC.CCC(C)C(=O)OC1(CC)CCCCC1. The van der Waals surface area contributed by atoms with Gasteiger partial charge in [-0.1, -0.05) is 82.6 Å². The summed E-state index contributed by atoms with van der Waals surface area (Å²) in [5.41, 5.74) is -2.19. The maximum atomic E-state index is 11.8. The molecule has 0 aromatic heterocycles. The molecule has 63 heavy (non-hydrogen) atoms. The van der Waals surface area contributed by atoms with E-state index in [1.165, 1.54) is 19.3 Å². The molecule has 0 aliphatic heterocycles. The quantitative estimate of drug-likeness (QED) is 0.109. The van der Waals surface area contributed by atoms with E-state index in [4.69, 9.17) is 23.7 Å². The van der Waals surface area contributed by atoms with E-state index >= 15 is 0 Å². The van der Waals surface area contributed by atoms with Crippen LogP contribution >= 0.6 is 0 Å². The summed E-state index contributed by atoms with van der Waals surface area (Å²) < 4.78 is 26.9. The third kappa shape index (κ3) is 32.6. The Morgan fingerprint density at radius 3 is 1.05 bits per heavy atom. The van der Waals surface area contributed by atoms with Gasteiger partial charge in [-0.3, -0.25) is 24.0 Å². The smallest absolute Gasteiger partial charge is 0.312 e. The molecule has 1 aliphatic carbocycles. The molecule has 0 aromatic rings. The molecular weight excluding hydrogens is 797 g/mol. The predicted octanol–water partition coefficient (Wildman–Crippen LogP) is 14.7. The first-order valence-electron chi connectivity index (χ1n) is 24.5. The number of hydrogen-bond acceptors (Lipinski definition) is 10. The van der Waals surface area contributed by atoms with Crippen LogP contribution in [0, 0.1) is 28.6 Å². The standard InChI is InChI=1S/C13H24O2.C11H22O2.2C10H20O2.C9H18O2/c1-4-11(3)12(14)15-13(5-2)9-7-6-8-10-13;1-7-10(3,4)9(12)13-11(5,6)8-2;1-7-10(5,6)8(11)12-9(2,3)4;1-6-8(3)9(11)12-10(4,5)7-2;1-6-7(2)8(10)11-9(3,4)5/h11H,4-10H2,1-3H3;7-8H2,1-6H3;7H2,1-6H3;8H,6-7H2,1-5H3;7H,6H2,1-5H3. The monoisotopic (exact) mass is 901 g/mol. The van der Waals surface area contributed by atoms with E-state index in [1.807, 2.05) is 166 Å². The van der Waals surface area contributed by atoms with Crippen LogP contribution in [0.15, 0.2) is 0 Å². The summed E-state index contributed by atoms with van der Waals surface area (Å²) in [5.74, 6) is -0.287. The number of carbonyl (C=O) groups is 5. The molecule has 0 bridgehead atoms. The van der Waals surface area contributed by atoms with Crippen molar-refractivity contribution in [2.24, 2.45) is 28.6 Å². The molecule has 3 atom stereocenters. The molecule has 0 amide bonds. The van der Waals surface area contributed by atoms with Gasteiger partial charge >= 0.3 is 29.8 Å². The van der Waals surface area contributed by atoms with Crippen LogP contribution in [0.1, 0.15) is 257 Å². The highest BCUT2D eigenvalue weighted by Gasteiger charge is 2.35. The Morgan fingerprint density at radius 2 is 0.746 bits per heavy atom. The Morgan fingerprint density at radius 1 is 0.429 bits per heavy atom. The van der Waals surface area contributed by atoms with Gasteiger partial charge in [0.2, 0.25) is 0 Å². The number of rotatable bonds is 16. The van der Waals surface area contributed by atoms with Gasteiger partial charge in [-0.05, 0) is 174 Å². The number of ether oxygens (including phenoxy) is 5. The van der Waals surface area contributed by atoms with Gasteiger partial charge in [-0.15, -0.1) is 0 Å². The summed E-state index contributed by atoms with van der Waals surface area (Å²) in [6.45, 7) is 48.6. The lowest BCUT2D eigenvalue weighted by Crippen LogP contribution is -2.38. The minimum absolute atomic E-state index is 0.00116.